The Labute approximate surface area is 122 Å². The number of nitrogens with two attached hydrogens (primary N) is 1. The number of rotatable bonds is 5. The van der Waals surface area contributed by atoms with E-state index in [1.807, 2.05) is 13.8 Å². The summed E-state index contributed by atoms with van der Waals surface area (Å²) in [5.74, 6) is -0.110. The predicted octanol–water partition coefficient (Wildman–Crippen LogP) is 1.27. The van der Waals surface area contributed by atoms with Crippen molar-refractivity contribution in [2.45, 2.75) is 58.4 Å². The summed E-state index contributed by atoms with van der Waals surface area (Å²) in [4.78, 5) is 26.0. The Morgan fingerprint density at radius 3 is 2.25 bits per heavy atom. The molecule has 0 radical (unpaired) electrons. The van der Waals surface area contributed by atoms with Crippen LogP contribution in [-0.2, 0) is 9.59 Å². The SMILES string of the molecule is CC(=O)NC1(C(=O)N(C)CC(C)(C)CN)CCCCC1. The molecule has 1 fully saturated rings. The third-order valence-corrected chi connectivity index (χ3v) is 4.10. The van der Waals surface area contributed by atoms with Crippen LogP contribution in [0.1, 0.15) is 52.9 Å². The summed E-state index contributed by atoms with van der Waals surface area (Å²) in [6.07, 6.45) is 4.57. The van der Waals surface area contributed by atoms with Crippen LogP contribution in [0.3, 0.4) is 0 Å². The van der Waals surface area contributed by atoms with Gasteiger partial charge in [0.2, 0.25) is 11.8 Å². The van der Waals surface area contributed by atoms with Crippen molar-refractivity contribution in [1.29, 1.82) is 0 Å². The highest BCUT2D eigenvalue weighted by molar-refractivity contribution is 5.91. The molecule has 2 amide bonds. The molecule has 1 aliphatic carbocycles. The molecule has 0 heterocycles. The smallest absolute Gasteiger partial charge is 0.248 e. The molecule has 5 heteroatoms. The number of carbonyl (C=O) groups excluding carboxylic acids is 2. The fourth-order valence-corrected chi connectivity index (χ4v) is 3.03. The summed E-state index contributed by atoms with van der Waals surface area (Å²) in [6, 6.07) is 0. The molecule has 116 valence electrons. The summed E-state index contributed by atoms with van der Waals surface area (Å²) in [7, 11) is 1.80. The van der Waals surface area contributed by atoms with E-state index in [2.05, 4.69) is 5.32 Å². The second-order valence-corrected chi connectivity index (χ2v) is 6.85. The number of nitrogens with one attached hydrogen (secondary N) is 1. The van der Waals surface area contributed by atoms with Crippen LogP contribution in [0.15, 0.2) is 0 Å². The molecule has 0 aliphatic heterocycles. The monoisotopic (exact) mass is 283 g/mol. The van der Waals surface area contributed by atoms with Crippen molar-refractivity contribution < 1.29 is 9.59 Å². The molecule has 1 rings (SSSR count). The zero-order valence-electron chi connectivity index (χ0n) is 13.3. The number of hydrogen-bond donors (Lipinski definition) is 2. The topological polar surface area (TPSA) is 75.4 Å². The lowest BCUT2D eigenvalue weighted by atomic mass is 9.80. The van der Waals surface area contributed by atoms with Crippen LogP contribution < -0.4 is 11.1 Å². The zero-order chi connectivity index (χ0) is 15.4. The fourth-order valence-electron chi connectivity index (χ4n) is 3.03. The highest BCUT2D eigenvalue weighted by Crippen LogP contribution is 2.30. The summed E-state index contributed by atoms with van der Waals surface area (Å²) in [5.41, 5.74) is 4.92. The van der Waals surface area contributed by atoms with E-state index >= 15 is 0 Å². The average molecular weight is 283 g/mol. The first-order valence-electron chi connectivity index (χ1n) is 7.47. The molecule has 20 heavy (non-hydrogen) atoms. The van der Waals surface area contributed by atoms with E-state index in [0.29, 0.717) is 13.1 Å². The molecule has 0 aromatic carbocycles. The van der Waals surface area contributed by atoms with Gasteiger partial charge >= 0.3 is 0 Å². The van der Waals surface area contributed by atoms with E-state index in [-0.39, 0.29) is 17.2 Å². The van der Waals surface area contributed by atoms with E-state index < -0.39 is 5.54 Å². The second-order valence-electron chi connectivity index (χ2n) is 6.85. The van der Waals surface area contributed by atoms with Gasteiger partial charge in [0.1, 0.15) is 5.54 Å². The van der Waals surface area contributed by atoms with Gasteiger partial charge in [-0.2, -0.15) is 0 Å². The maximum absolute atomic E-state index is 12.8. The number of carbonyl (C=O) groups is 2. The lowest BCUT2D eigenvalue weighted by Crippen LogP contribution is -2.60. The van der Waals surface area contributed by atoms with Crippen LogP contribution >= 0.6 is 0 Å². The number of nitrogens with zero attached hydrogens (tertiary/aromatic N) is 1. The first kappa shape index (κ1) is 17.0. The number of hydrogen-bond acceptors (Lipinski definition) is 3. The molecule has 0 unspecified atom stereocenters. The molecule has 1 aliphatic rings. The van der Waals surface area contributed by atoms with Gasteiger partial charge in [-0.15, -0.1) is 0 Å². The van der Waals surface area contributed by atoms with Gasteiger partial charge in [0, 0.05) is 20.5 Å². The van der Waals surface area contributed by atoms with Gasteiger partial charge in [-0.3, -0.25) is 9.59 Å². The summed E-state index contributed by atoms with van der Waals surface area (Å²) < 4.78 is 0. The Bertz CT molecular complexity index is 360. The number of likely N-dealkylation sites (N-methyl/N-ethyl adjacent to an activating group) is 1. The van der Waals surface area contributed by atoms with Crippen LogP contribution in [0.5, 0.6) is 0 Å². The van der Waals surface area contributed by atoms with E-state index in [1.54, 1.807) is 11.9 Å². The van der Waals surface area contributed by atoms with Gasteiger partial charge in [-0.1, -0.05) is 33.1 Å². The van der Waals surface area contributed by atoms with Gasteiger partial charge in [0.05, 0.1) is 0 Å². The standard InChI is InChI=1S/C15H29N3O2/c1-12(19)17-15(8-6-5-7-9-15)13(20)18(4)11-14(2,3)10-16/h5-11,16H2,1-4H3,(H,17,19). The maximum atomic E-state index is 12.8. The lowest BCUT2D eigenvalue weighted by Gasteiger charge is -2.41. The largest absolute Gasteiger partial charge is 0.343 e. The molecular weight excluding hydrogens is 254 g/mol. The molecule has 0 aromatic heterocycles. The Hall–Kier alpha value is -1.10. The summed E-state index contributed by atoms with van der Waals surface area (Å²) in [5, 5.41) is 2.92. The summed E-state index contributed by atoms with van der Waals surface area (Å²) >= 11 is 0. The first-order chi connectivity index (χ1) is 9.22. The first-order valence-corrected chi connectivity index (χ1v) is 7.47. The van der Waals surface area contributed by atoms with Crippen molar-refractivity contribution in [2.24, 2.45) is 11.1 Å². The van der Waals surface area contributed by atoms with E-state index in [0.717, 1.165) is 32.1 Å². The minimum atomic E-state index is -0.705. The van der Waals surface area contributed by atoms with Gasteiger partial charge < -0.3 is 16.0 Å². The van der Waals surface area contributed by atoms with Gasteiger partial charge in [-0.25, -0.2) is 0 Å². The molecule has 0 bridgehead atoms. The van der Waals surface area contributed by atoms with Gasteiger partial charge in [0.25, 0.3) is 0 Å². The number of amides is 2. The second kappa shape index (κ2) is 6.57. The minimum Gasteiger partial charge on any atom is -0.343 e. The van der Waals surface area contributed by atoms with E-state index in [4.69, 9.17) is 5.73 Å². The zero-order valence-corrected chi connectivity index (χ0v) is 13.3. The lowest BCUT2D eigenvalue weighted by molar-refractivity contribution is -0.143. The molecule has 0 spiro atoms. The molecule has 0 aromatic rings. The molecule has 0 atom stereocenters. The van der Waals surface area contributed by atoms with Crippen LogP contribution in [0.2, 0.25) is 0 Å². The van der Waals surface area contributed by atoms with Crippen LogP contribution in [0, 0.1) is 5.41 Å². The Morgan fingerprint density at radius 1 is 1.25 bits per heavy atom. The normalized spacial score (nSPS) is 18.4. The minimum absolute atomic E-state index is 0.0222. The van der Waals surface area contributed by atoms with Crippen molar-refractivity contribution in [3.8, 4) is 0 Å². The van der Waals surface area contributed by atoms with Crippen LogP contribution in [-0.4, -0.2) is 42.4 Å². The highest BCUT2D eigenvalue weighted by Gasteiger charge is 2.42. The predicted molar refractivity (Wildman–Crippen MR) is 80.1 cm³/mol. The van der Waals surface area contributed by atoms with E-state index in [9.17, 15) is 9.59 Å². The Morgan fingerprint density at radius 2 is 1.80 bits per heavy atom. The Balaban J connectivity index is 2.85. The summed E-state index contributed by atoms with van der Waals surface area (Å²) in [6.45, 7) is 6.69. The molecule has 1 saturated carbocycles. The molecule has 0 saturated heterocycles. The third-order valence-electron chi connectivity index (χ3n) is 4.10. The van der Waals surface area contributed by atoms with Gasteiger partial charge in [-0.05, 0) is 24.8 Å². The van der Waals surface area contributed by atoms with E-state index in [1.165, 1.54) is 6.92 Å². The Kier molecular flexibility index (Phi) is 5.57. The third kappa shape index (κ3) is 4.20. The van der Waals surface area contributed by atoms with Crippen LogP contribution in [0.4, 0.5) is 0 Å². The van der Waals surface area contributed by atoms with Crippen molar-refractivity contribution in [3.05, 3.63) is 0 Å². The molecule has 5 nitrogen and oxygen atoms in total. The van der Waals surface area contributed by atoms with Crippen molar-refractivity contribution in [2.75, 3.05) is 20.1 Å². The van der Waals surface area contributed by atoms with Crippen molar-refractivity contribution in [1.82, 2.24) is 10.2 Å². The van der Waals surface area contributed by atoms with Crippen molar-refractivity contribution >= 4 is 11.8 Å². The average Bonchev–Trinajstić information content (AvgIpc) is 2.37. The molecule has 3 N–H and O–H groups in total. The fraction of sp³-hybridized carbons (Fsp3) is 0.867. The quantitative estimate of drug-likeness (QED) is 0.798. The highest BCUT2D eigenvalue weighted by atomic mass is 16.2. The van der Waals surface area contributed by atoms with Crippen LogP contribution in [0.25, 0.3) is 0 Å². The molecular formula is C15H29N3O2. The maximum Gasteiger partial charge on any atom is 0.248 e. The van der Waals surface area contributed by atoms with Crippen molar-refractivity contribution in [3.63, 3.8) is 0 Å². The van der Waals surface area contributed by atoms with Gasteiger partial charge in [0.15, 0.2) is 0 Å².